The lowest BCUT2D eigenvalue weighted by Gasteiger charge is -2.28. The number of carbonyl (C=O) groups is 2. The average Bonchev–Trinajstić information content (AvgIpc) is 2.87. The molecule has 0 fully saturated rings. The number of anilines is 1. The van der Waals surface area contributed by atoms with Crippen LogP contribution in [-0.2, 0) is 9.59 Å². The van der Waals surface area contributed by atoms with E-state index in [1.807, 2.05) is 45.0 Å². The monoisotopic (exact) mass is 367 g/mol. The molecule has 1 aliphatic heterocycles. The van der Waals surface area contributed by atoms with Crippen molar-refractivity contribution in [2.75, 3.05) is 4.90 Å². The summed E-state index contributed by atoms with van der Waals surface area (Å²) >= 11 is 0. The van der Waals surface area contributed by atoms with Crippen molar-refractivity contribution in [3.8, 4) is 0 Å². The molecule has 1 N–H and O–H groups in total. The first-order valence-electron chi connectivity index (χ1n) is 8.92. The molecule has 1 atom stereocenters. The standard InChI is InChI=1S/C22H22FNO3/c1-13(2)12-18(25)19-20(17-7-5-4-6-14(17)3)24(22(27)21(19)26)16-10-8-15(23)9-11-16/h4-11,13,20,26H,12H2,1-3H3. The van der Waals surface area contributed by atoms with E-state index in [9.17, 15) is 19.1 Å². The third-order valence-electron chi connectivity index (χ3n) is 4.69. The van der Waals surface area contributed by atoms with E-state index in [4.69, 9.17) is 0 Å². The maximum atomic E-state index is 13.4. The number of halogens is 1. The van der Waals surface area contributed by atoms with Crippen molar-refractivity contribution in [1.82, 2.24) is 0 Å². The number of rotatable bonds is 5. The highest BCUT2D eigenvalue weighted by Gasteiger charge is 2.44. The summed E-state index contributed by atoms with van der Waals surface area (Å²) in [6.45, 7) is 5.71. The number of carbonyl (C=O) groups excluding carboxylic acids is 2. The van der Waals surface area contributed by atoms with Gasteiger partial charge in [-0.15, -0.1) is 0 Å². The Hall–Kier alpha value is -2.95. The Balaban J connectivity index is 2.17. The van der Waals surface area contributed by atoms with Crippen molar-refractivity contribution in [2.45, 2.75) is 33.2 Å². The molecular formula is C22H22FNO3. The van der Waals surface area contributed by atoms with Crippen LogP contribution in [0.15, 0.2) is 59.9 Å². The number of hydrogen-bond donors (Lipinski definition) is 1. The predicted molar refractivity (Wildman–Crippen MR) is 102 cm³/mol. The largest absolute Gasteiger partial charge is 0.503 e. The van der Waals surface area contributed by atoms with Gasteiger partial charge in [0.1, 0.15) is 5.82 Å². The molecule has 1 aliphatic rings. The first kappa shape index (κ1) is 18.8. The molecule has 0 aliphatic carbocycles. The Bertz CT molecular complexity index is 915. The van der Waals surface area contributed by atoms with Crippen LogP contribution in [-0.4, -0.2) is 16.8 Å². The average molecular weight is 367 g/mol. The third kappa shape index (κ3) is 3.50. The van der Waals surface area contributed by atoms with Crippen LogP contribution in [0.4, 0.5) is 10.1 Å². The minimum absolute atomic E-state index is 0.0882. The number of nitrogens with zero attached hydrogens (tertiary/aromatic N) is 1. The van der Waals surface area contributed by atoms with Gasteiger partial charge in [-0.25, -0.2) is 4.39 Å². The number of Topliss-reactive ketones (excluding diaryl/α,β-unsaturated/α-hetero) is 1. The molecule has 0 bridgehead atoms. The third-order valence-corrected chi connectivity index (χ3v) is 4.69. The minimum Gasteiger partial charge on any atom is -0.503 e. The van der Waals surface area contributed by atoms with Crippen LogP contribution in [0.1, 0.15) is 37.4 Å². The van der Waals surface area contributed by atoms with E-state index in [0.29, 0.717) is 5.69 Å². The summed E-state index contributed by atoms with van der Waals surface area (Å²) < 4.78 is 13.4. The van der Waals surface area contributed by atoms with E-state index in [1.54, 1.807) is 0 Å². The van der Waals surface area contributed by atoms with Gasteiger partial charge in [0.2, 0.25) is 0 Å². The van der Waals surface area contributed by atoms with E-state index < -0.39 is 23.5 Å². The molecule has 2 aromatic carbocycles. The molecule has 27 heavy (non-hydrogen) atoms. The lowest BCUT2D eigenvalue weighted by atomic mass is 9.90. The molecule has 1 amide bonds. The van der Waals surface area contributed by atoms with Crippen LogP contribution in [0.25, 0.3) is 0 Å². The summed E-state index contributed by atoms with van der Waals surface area (Å²) in [5.41, 5.74) is 2.18. The smallest absolute Gasteiger partial charge is 0.294 e. The Labute approximate surface area is 157 Å². The van der Waals surface area contributed by atoms with Gasteiger partial charge in [0.15, 0.2) is 11.5 Å². The highest BCUT2D eigenvalue weighted by atomic mass is 19.1. The van der Waals surface area contributed by atoms with Gasteiger partial charge in [0.25, 0.3) is 5.91 Å². The van der Waals surface area contributed by atoms with Crippen LogP contribution in [0.2, 0.25) is 0 Å². The zero-order chi connectivity index (χ0) is 19.7. The normalized spacial score (nSPS) is 17.1. The molecule has 4 nitrogen and oxygen atoms in total. The van der Waals surface area contributed by atoms with Gasteiger partial charge in [0.05, 0.1) is 11.6 Å². The predicted octanol–water partition coefficient (Wildman–Crippen LogP) is 4.65. The molecule has 0 saturated heterocycles. The molecule has 1 unspecified atom stereocenters. The van der Waals surface area contributed by atoms with E-state index in [0.717, 1.165) is 11.1 Å². The number of hydrogen-bond acceptors (Lipinski definition) is 3. The second kappa shape index (κ2) is 7.35. The molecule has 0 saturated carbocycles. The molecule has 0 radical (unpaired) electrons. The molecule has 0 spiro atoms. The SMILES string of the molecule is Cc1ccccc1C1C(C(=O)CC(C)C)=C(O)C(=O)N1c1ccc(F)cc1. The van der Waals surface area contributed by atoms with Gasteiger partial charge in [-0.05, 0) is 48.2 Å². The maximum absolute atomic E-state index is 13.4. The summed E-state index contributed by atoms with van der Waals surface area (Å²) in [6, 6.07) is 12.1. The first-order valence-corrected chi connectivity index (χ1v) is 8.92. The van der Waals surface area contributed by atoms with E-state index in [2.05, 4.69) is 0 Å². The van der Waals surface area contributed by atoms with Gasteiger partial charge >= 0.3 is 0 Å². The second-order valence-corrected chi connectivity index (χ2v) is 7.19. The number of aryl methyl sites for hydroxylation is 1. The van der Waals surface area contributed by atoms with Crippen LogP contribution < -0.4 is 4.90 Å². The van der Waals surface area contributed by atoms with Crippen molar-refractivity contribution in [2.24, 2.45) is 5.92 Å². The fourth-order valence-electron chi connectivity index (χ4n) is 3.43. The summed E-state index contributed by atoms with van der Waals surface area (Å²) in [5.74, 6) is -1.77. The Kier molecular flexibility index (Phi) is 5.13. The van der Waals surface area contributed by atoms with Crippen molar-refractivity contribution < 1.29 is 19.1 Å². The second-order valence-electron chi connectivity index (χ2n) is 7.19. The van der Waals surface area contributed by atoms with Gasteiger partial charge in [-0.2, -0.15) is 0 Å². The molecule has 1 heterocycles. The number of aliphatic hydroxyl groups is 1. The van der Waals surface area contributed by atoms with E-state index in [1.165, 1.54) is 29.2 Å². The van der Waals surface area contributed by atoms with Crippen LogP contribution >= 0.6 is 0 Å². The summed E-state index contributed by atoms with van der Waals surface area (Å²) in [6.07, 6.45) is 0.228. The molecule has 3 rings (SSSR count). The molecule has 5 heteroatoms. The lowest BCUT2D eigenvalue weighted by molar-refractivity contribution is -0.118. The van der Waals surface area contributed by atoms with Crippen molar-refractivity contribution in [1.29, 1.82) is 0 Å². The van der Waals surface area contributed by atoms with Crippen molar-refractivity contribution in [3.05, 3.63) is 76.8 Å². The summed E-state index contributed by atoms with van der Waals surface area (Å²) in [5, 5.41) is 10.5. The molecule has 0 aromatic heterocycles. The van der Waals surface area contributed by atoms with Gasteiger partial charge in [-0.1, -0.05) is 38.1 Å². The number of ketones is 1. The van der Waals surface area contributed by atoms with Crippen molar-refractivity contribution in [3.63, 3.8) is 0 Å². The zero-order valence-corrected chi connectivity index (χ0v) is 15.6. The Morgan fingerprint density at radius 2 is 1.78 bits per heavy atom. The fraction of sp³-hybridized carbons (Fsp3) is 0.273. The zero-order valence-electron chi connectivity index (χ0n) is 15.6. The molecular weight excluding hydrogens is 345 g/mol. The van der Waals surface area contributed by atoms with E-state index >= 15 is 0 Å². The van der Waals surface area contributed by atoms with Crippen LogP contribution in [0.5, 0.6) is 0 Å². The summed E-state index contributed by atoms with van der Waals surface area (Å²) in [7, 11) is 0. The van der Waals surface area contributed by atoms with Gasteiger partial charge in [-0.3, -0.25) is 14.5 Å². The van der Waals surface area contributed by atoms with Gasteiger partial charge < -0.3 is 5.11 Å². The number of amides is 1. The first-order chi connectivity index (χ1) is 12.8. The topological polar surface area (TPSA) is 57.6 Å². The molecule has 2 aromatic rings. The van der Waals surface area contributed by atoms with E-state index in [-0.39, 0.29) is 23.7 Å². The number of benzene rings is 2. The Morgan fingerprint density at radius 1 is 1.15 bits per heavy atom. The lowest BCUT2D eigenvalue weighted by Crippen LogP contribution is -2.31. The van der Waals surface area contributed by atoms with Gasteiger partial charge in [0, 0.05) is 12.1 Å². The summed E-state index contributed by atoms with van der Waals surface area (Å²) in [4.78, 5) is 27.1. The highest BCUT2D eigenvalue weighted by molar-refractivity contribution is 6.16. The quantitative estimate of drug-likeness (QED) is 0.837. The van der Waals surface area contributed by atoms with Crippen LogP contribution in [0.3, 0.4) is 0 Å². The number of aliphatic hydroxyl groups excluding tert-OH is 1. The molecule has 140 valence electrons. The maximum Gasteiger partial charge on any atom is 0.294 e. The van der Waals surface area contributed by atoms with Crippen LogP contribution in [0, 0.1) is 18.7 Å². The fourth-order valence-corrected chi connectivity index (χ4v) is 3.43. The minimum atomic E-state index is -0.740. The highest BCUT2D eigenvalue weighted by Crippen LogP contribution is 2.42. The van der Waals surface area contributed by atoms with Crippen molar-refractivity contribution >= 4 is 17.4 Å². The Morgan fingerprint density at radius 3 is 2.37 bits per heavy atom.